The molecule has 11 rings (SSSR count). The van der Waals surface area contributed by atoms with Crippen molar-refractivity contribution in [1.29, 1.82) is 0 Å². The summed E-state index contributed by atoms with van der Waals surface area (Å²) in [5, 5.41) is 35.9. The van der Waals surface area contributed by atoms with E-state index in [9.17, 15) is 14.7 Å². The van der Waals surface area contributed by atoms with Gasteiger partial charge in [0.25, 0.3) is 5.91 Å². The topological polar surface area (TPSA) is 213 Å². The highest BCUT2D eigenvalue weighted by molar-refractivity contribution is 5.98. The van der Waals surface area contributed by atoms with Gasteiger partial charge in [-0.25, -0.2) is 19.1 Å². The molecular weight excluding hydrogens is 843 g/mol. The van der Waals surface area contributed by atoms with Gasteiger partial charge in [0.1, 0.15) is 17.0 Å². The molecule has 1 saturated heterocycles. The zero-order chi connectivity index (χ0) is 44.9. The number of pyridine rings is 2. The molecule has 1 unspecified atom stereocenters. The maximum atomic E-state index is 14.5. The molecule has 4 bridgehead atoms. The molecule has 2 aromatic carbocycles. The lowest BCUT2D eigenvalue weighted by atomic mass is 9.99. The van der Waals surface area contributed by atoms with Crippen LogP contribution in [-0.4, -0.2) is 111 Å². The van der Waals surface area contributed by atoms with Crippen LogP contribution in [0.4, 0.5) is 0 Å². The SMILES string of the molecule is Cn1ncc2c1OCCCOc1ccc(C(=O)N3CCC(c4nc5cc6c([nH]nc46)/C=C/c4ccc(C(=O)O)cc4OCCCOc4c-5cnn4C)C3)cc1/C=C/c1n[nH]c3cnc-2cc13. The van der Waals surface area contributed by atoms with Crippen LogP contribution in [0.1, 0.15) is 74.1 Å². The number of benzene rings is 2. The second kappa shape index (κ2) is 16.7. The number of fused-ring (bicyclic) bond motifs is 8. The number of hydrogen-bond donors (Lipinski definition) is 3. The standard InChI is InChI=1S/C48H43N11O7/c1-57-46-34(23-50-57)38-21-32-36(53-55-40(32)25-49-38)11-8-28-19-29(9-12-41(28)63-15-3-17-65-46)45(60)59-14-13-31(26-59)43-44-33-22-39(52-43)35-24-51-58(2)47(35)66-18-4-16-64-42-20-30(48(61)62)6-5-27(42)7-10-37(33)54-56-44/h5-12,19-25,31H,3-4,13-18,26H2,1-2H3,(H,53,55)(H,54,56)(H,61,62)/b10-7+,11-8+. The number of likely N-dealkylation sites (tertiary alicyclic amines) is 1. The molecule has 0 saturated carbocycles. The first-order valence-electron chi connectivity index (χ1n) is 21.7. The van der Waals surface area contributed by atoms with Crippen molar-refractivity contribution >= 4 is 58.0 Å². The molecule has 1 atom stereocenters. The van der Waals surface area contributed by atoms with E-state index >= 15 is 0 Å². The van der Waals surface area contributed by atoms with Gasteiger partial charge >= 0.3 is 5.97 Å². The largest absolute Gasteiger partial charge is 0.493 e. The predicted molar refractivity (Wildman–Crippen MR) is 244 cm³/mol. The van der Waals surface area contributed by atoms with E-state index in [0.717, 1.165) is 50.1 Å². The zero-order valence-electron chi connectivity index (χ0n) is 36.0. The summed E-state index contributed by atoms with van der Waals surface area (Å²) in [6.07, 6.45) is 14.7. The van der Waals surface area contributed by atoms with Crippen LogP contribution in [0.5, 0.6) is 23.3 Å². The van der Waals surface area contributed by atoms with Crippen LogP contribution in [0.25, 0.3) is 68.6 Å². The number of nitrogens with zero attached hydrogens (tertiary/aromatic N) is 9. The molecule has 3 aliphatic rings. The fraction of sp³-hybridized carbons (Fsp3) is 0.250. The molecule has 1 fully saturated rings. The Morgan fingerprint density at radius 2 is 1.42 bits per heavy atom. The summed E-state index contributed by atoms with van der Waals surface area (Å²) in [6, 6.07) is 14.3. The van der Waals surface area contributed by atoms with E-state index in [-0.39, 0.29) is 17.4 Å². The summed E-state index contributed by atoms with van der Waals surface area (Å²) >= 11 is 0. The number of carboxylic acids is 1. The summed E-state index contributed by atoms with van der Waals surface area (Å²) in [5.41, 5.74) is 8.64. The summed E-state index contributed by atoms with van der Waals surface area (Å²) in [5.74, 6) is 0.970. The minimum absolute atomic E-state index is 0.108. The molecule has 0 spiro atoms. The first-order valence-corrected chi connectivity index (χ1v) is 21.7. The average molecular weight is 886 g/mol. The van der Waals surface area contributed by atoms with E-state index in [1.807, 2.05) is 73.6 Å². The normalized spacial score (nSPS) is 17.1. The Balaban J connectivity index is 0.910. The van der Waals surface area contributed by atoms with Gasteiger partial charge in [-0.2, -0.15) is 20.4 Å². The van der Waals surface area contributed by atoms with Gasteiger partial charge in [-0.1, -0.05) is 6.07 Å². The second-order valence-corrected chi connectivity index (χ2v) is 16.4. The predicted octanol–water partition coefficient (Wildman–Crippen LogP) is 7.02. The first kappa shape index (κ1) is 40.5. The Bertz CT molecular complexity index is 3270. The fourth-order valence-corrected chi connectivity index (χ4v) is 8.75. The van der Waals surface area contributed by atoms with Crippen LogP contribution in [0, 0.1) is 0 Å². The molecule has 18 heteroatoms. The molecule has 3 N–H and O–H groups in total. The lowest BCUT2D eigenvalue weighted by molar-refractivity contribution is 0.0695. The summed E-state index contributed by atoms with van der Waals surface area (Å²) in [6.45, 7) is 2.37. The smallest absolute Gasteiger partial charge is 0.335 e. The minimum atomic E-state index is -1.04. The third-order valence-corrected chi connectivity index (χ3v) is 12.2. The van der Waals surface area contributed by atoms with Gasteiger partial charge in [-0.05, 0) is 73.2 Å². The molecule has 9 heterocycles. The number of carbonyl (C=O) groups is 2. The number of carbonyl (C=O) groups excluding carboxylic acids is 1. The van der Waals surface area contributed by atoms with E-state index in [4.69, 9.17) is 29.0 Å². The number of ether oxygens (including phenoxy) is 4. The fourth-order valence-electron chi connectivity index (χ4n) is 8.75. The number of carboxylic acid groups (broad SMARTS) is 1. The van der Waals surface area contributed by atoms with Gasteiger partial charge in [0, 0.05) is 73.4 Å². The lowest BCUT2D eigenvalue weighted by Crippen LogP contribution is -2.28. The van der Waals surface area contributed by atoms with Gasteiger partial charge < -0.3 is 29.0 Å². The van der Waals surface area contributed by atoms with Gasteiger partial charge in [-0.3, -0.25) is 20.0 Å². The van der Waals surface area contributed by atoms with Crippen molar-refractivity contribution in [3.05, 3.63) is 106 Å². The van der Waals surface area contributed by atoms with Gasteiger partial charge in [-0.15, -0.1) is 0 Å². The van der Waals surface area contributed by atoms with Gasteiger partial charge in [0.2, 0.25) is 11.8 Å². The molecule has 18 nitrogen and oxygen atoms in total. The van der Waals surface area contributed by atoms with Crippen LogP contribution in [0.3, 0.4) is 0 Å². The first-order chi connectivity index (χ1) is 32.3. The van der Waals surface area contributed by atoms with Crippen molar-refractivity contribution in [3.63, 3.8) is 0 Å². The third-order valence-electron chi connectivity index (χ3n) is 12.2. The average Bonchev–Trinajstić information content (AvgIpc) is 4.19. The Morgan fingerprint density at radius 3 is 2.21 bits per heavy atom. The maximum absolute atomic E-state index is 14.5. The van der Waals surface area contributed by atoms with E-state index in [2.05, 4.69) is 30.5 Å². The Labute approximate surface area is 376 Å². The molecule has 1 amide bonds. The summed E-state index contributed by atoms with van der Waals surface area (Å²) < 4.78 is 28.2. The second-order valence-electron chi connectivity index (χ2n) is 16.4. The van der Waals surface area contributed by atoms with E-state index < -0.39 is 5.97 Å². The molecule has 66 heavy (non-hydrogen) atoms. The van der Waals surface area contributed by atoms with Gasteiger partial charge in [0.05, 0.1) is 95.7 Å². The third kappa shape index (κ3) is 7.44. The lowest BCUT2D eigenvalue weighted by Gasteiger charge is -2.18. The van der Waals surface area contributed by atoms with Gasteiger partial charge in [0.15, 0.2) is 0 Å². The minimum Gasteiger partial charge on any atom is -0.493 e. The van der Waals surface area contributed by atoms with Crippen molar-refractivity contribution in [2.75, 3.05) is 39.5 Å². The number of nitrogens with one attached hydrogen (secondary N) is 2. The van der Waals surface area contributed by atoms with Crippen LogP contribution >= 0.6 is 0 Å². The Kier molecular flexibility index (Phi) is 10.2. The monoisotopic (exact) mass is 885 g/mol. The van der Waals surface area contributed by atoms with E-state index in [1.54, 1.807) is 40.1 Å². The highest BCUT2D eigenvalue weighted by Crippen LogP contribution is 2.38. The van der Waals surface area contributed by atoms with Crippen molar-refractivity contribution in [1.82, 2.24) is 54.8 Å². The van der Waals surface area contributed by atoms with Crippen LogP contribution in [-0.2, 0) is 14.1 Å². The highest BCUT2D eigenvalue weighted by Gasteiger charge is 2.32. The summed E-state index contributed by atoms with van der Waals surface area (Å²) in [7, 11) is 3.66. The number of amides is 1. The number of rotatable bonds is 3. The van der Waals surface area contributed by atoms with E-state index in [0.29, 0.717) is 110 Å². The van der Waals surface area contributed by atoms with Crippen LogP contribution in [0.15, 0.2) is 67.1 Å². The number of aromatic nitrogens is 10. The number of aryl methyl sites for hydroxylation is 2. The molecule has 332 valence electrons. The highest BCUT2D eigenvalue weighted by atomic mass is 16.5. The van der Waals surface area contributed by atoms with Crippen molar-refractivity contribution in [2.45, 2.75) is 25.2 Å². The van der Waals surface area contributed by atoms with Crippen molar-refractivity contribution in [2.24, 2.45) is 14.1 Å². The van der Waals surface area contributed by atoms with E-state index in [1.165, 1.54) is 6.07 Å². The quantitative estimate of drug-likeness (QED) is 0.163. The molecule has 0 aliphatic carbocycles. The number of hydrogen-bond acceptors (Lipinski definition) is 12. The Hall–Kier alpha value is -8.28. The molecule has 3 aliphatic heterocycles. The molecular formula is C48H43N11O7. The van der Waals surface area contributed by atoms with Crippen molar-refractivity contribution < 1.29 is 33.6 Å². The maximum Gasteiger partial charge on any atom is 0.335 e. The van der Waals surface area contributed by atoms with Crippen LogP contribution < -0.4 is 18.9 Å². The number of aromatic carboxylic acids is 1. The molecule has 6 aromatic heterocycles. The zero-order valence-corrected chi connectivity index (χ0v) is 36.0. The molecule has 0 radical (unpaired) electrons. The number of aromatic amines is 2. The Morgan fingerprint density at radius 1 is 0.712 bits per heavy atom. The number of H-pyrrole nitrogens is 2. The van der Waals surface area contributed by atoms with Crippen LogP contribution in [0.2, 0.25) is 0 Å². The molecule has 8 aromatic rings. The summed E-state index contributed by atoms with van der Waals surface area (Å²) in [4.78, 5) is 38.0. The van der Waals surface area contributed by atoms with Crippen molar-refractivity contribution in [3.8, 4) is 45.8 Å².